The Morgan fingerprint density at radius 3 is 1.57 bits per heavy atom. The van der Waals surface area contributed by atoms with Gasteiger partial charge in [-0.3, -0.25) is 0 Å². The molecular weight excluding hydrogens is 124 g/mol. The Morgan fingerprint density at radius 1 is 1.00 bits per heavy atom. The monoisotopic (exact) mass is 134 g/mol. The molecule has 0 fully saturated rings. The van der Waals surface area contributed by atoms with E-state index in [1.807, 2.05) is 22.9 Å². The molecule has 1 aromatic heterocycles. The molecule has 0 unspecified atom stereocenters. The lowest BCUT2D eigenvalue weighted by Gasteiger charge is -1.39. The first-order chi connectivity index (χ1) is 2.50. The molecule has 0 saturated heterocycles. The highest BCUT2D eigenvalue weighted by Crippen LogP contribution is 1.91. The summed E-state index contributed by atoms with van der Waals surface area (Å²) in [6.45, 7) is 0. The van der Waals surface area contributed by atoms with E-state index < -0.39 is 0 Å². The lowest BCUT2D eigenvalue weighted by Crippen LogP contribution is -1.16. The average molecular weight is 134 g/mol. The fraction of sp³-hybridized carbons (Fsp3) is 0.200. The maximum atomic E-state index is 2.04. The number of rotatable bonds is 0. The van der Waals surface area contributed by atoms with E-state index in [4.69, 9.17) is 0 Å². The molecule has 1 aromatic rings. The quantitative estimate of drug-likeness (QED) is 0.511. The van der Waals surface area contributed by atoms with Gasteiger partial charge in [0.1, 0.15) is 0 Å². The van der Waals surface area contributed by atoms with E-state index in [2.05, 4.69) is 0 Å². The molecule has 0 saturated carbocycles. The molecule has 0 aliphatic carbocycles. The molecule has 0 spiro atoms. The first-order valence-electron chi connectivity index (χ1n) is 1.47. The molecule has 0 aliphatic heterocycles. The van der Waals surface area contributed by atoms with Crippen LogP contribution in [0.4, 0.5) is 0 Å². The van der Waals surface area contributed by atoms with E-state index in [0.717, 1.165) is 0 Å². The molecule has 1 heterocycles. The number of thiophene rings is 1. The van der Waals surface area contributed by atoms with E-state index >= 15 is 0 Å². The Morgan fingerprint density at radius 2 is 1.43 bits per heavy atom. The molecule has 1 rings (SSSR count). The van der Waals surface area contributed by atoms with Gasteiger partial charge in [0.25, 0.3) is 0 Å². The van der Waals surface area contributed by atoms with Gasteiger partial charge >= 0.3 is 0 Å². The van der Waals surface area contributed by atoms with Crippen molar-refractivity contribution in [3.05, 3.63) is 22.9 Å². The van der Waals surface area contributed by atoms with Crippen molar-refractivity contribution in [2.45, 2.75) is 7.43 Å². The summed E-state index contributed by atoms with van der Waals surface area (Å²) in [6.07, 6.45) is 0. The maximum absolute atomic E-state index is 2.04. The molecule has 0 N–H and O–H groups in total. The third-order valence-electron chi connectivity index (χ3n) is 0.425. The molecule has 0 atom stereocenters. The molecule has 0 radical (unpaired) electrons. The summed E-state index contributed by atoms with van der Waals surface area (Å²) >= 11 is 1.71. The number of hydrogen-bond donors (Lipinski definition) is 0. The zero-order chi connectivity index (χ0) is 3.54. The van der Waals surface area contributed by atoms with Crippen LogP contribution in [0.3, 0.4) is 0 Å². The van der Waals surface area contributed by atoms with Crippen molar-refractivity contribution in [3.63, 3.8) is 0 Å². The third-order valence-corrected chi connectivity index (χ3v) is 1.05. The molecule has 7 heavy (non-hydrogen) atoms. The van der Waals surface area contributed by atoms with Crippen LogP contribution in [-0.4, -0.2) is 0 Å². The van der Waals surface area contributed by atoms with Crippen LogP contribution in [0.5, 0.6) is 0 Å². The van der Waals surface area contributed by atoms with Crippen LogP contribution in [0.25, 0.3) is 0 Å². The Labute approximate surface area is 55.6 Å². The molecule has 42 valence electrons. The van der Waals surface area contributed by atoms with Gasteiger partial charge in [0, 0.05) is 0 Å². The zero-order valence-corrected chi connectivity index (χ0v) is 5.03. The fourth-order valence-electron chi connectivity index (χ4n) is 0.227. The second kappa shape index (κ2) is 6.05. The molecule has 2 heteroatoms. The summed E-state index contributed by atoms with van der Waals surface area (Å²) in [5, 5.41) is 4.08. The topological polar surface area (TPSA) is 0 Å². The minimum absolute atomic E-state index is 0. The van der Waals surface area contributed by atoms with E-state index in [1.54, 1.807) is 11.3 Å². The molecule has 0 aliphatic rings. The van der Waals surface area contributed by atoms with E-state index in [-0.39, 0.29) is 20.9 Å². The highest BCUT2D eigenvalue weighted by molar-refractivity contribution is 7.59. The lowest BCUT2D eigenvalue weighted by atomic mass is 10.7. The summed E-state index contributed by atoms with van der Waals surface area (Å²) in [5.41, 5.74) is 0. The average Bonchev–Trinajstić information content (AvgIpc) is 1.76. The highest BCUT2D eigenvalue weighted by atomic mass is 32.1. The van der Waals surface area contributed by atoms with Gasteiger partial charge in [-0.05, 0) is 10.8 Å². The Kier molecular flexibility index (Phi) is 8.75. The standard InChI is InChI=1S/C4H4S.CH4.H2S/c1-2-4-5-3-1;;/h1-4H;1H4;1H2. The van der Waals surface area contributed by atoms with Gasteiger partial charge in [-0.25, -0.2) is 0 Å². The minimum atomic E-state index is 0. The van der Waals surface area contributed by atoms with Crippen LogP contribution in [0.15, 0.2) is 22.9 Å². The Balaban J connectivity index is 0. The van der Waals surface area contributed by atoms with E-state index in [9.17, 15) is 0 Å². The van der Waals surface area contributed by atoms with Crippen molar-refractivity contribution >= 4 is 24.8 Å². The van der Waals surface area contributed by atoms with Gasteiger partial charge in [0.15, 0.2) is 0 Å². The second-order valence-electron chi connectivity index (χ2n) is 0.793. The molecular formula is C5H10S2. The summed E-state index contributed by atoms with van der Waals surface area (Å²) in [5.74, 6) is 0. The van der Waals surface area contributed by atoms with Gasteiger partial charge in [-0.1, -0.05) is 19.6 Å². The maximum Gasteiger partial charge on any atom is -0.00934 e. The second-order valence-corrected chi connectivity index (χ2v) is 1.61. The van der Waals surface area contributed by atoms with Crippen LogP contribution < -0.4 is 0 Å². The van der Waals surface area contributed by atoms with Crippen molar-refractivity contribution in [2.75, 3.05) is 0 Å². The predicted molar refractivity (Wildman–Crippen MR) is 41.4 cm³/mol. The van der Waals surface area contributed by atoms with Crippen molar-refractivity contribution in [3.8, 4) is 0 Å². The zero-order valence-electron chi connectivity index (χ0n) is 3.22. The van der Waals surface area contributed by atoms with Crippen molar-refractivity contribution in [1.29, 1.82) is 0 Å². The van der Waals surface area contributed by atoms with Gasteiger partial charge in [-0.2, -0.15) is 24.8 Å². The summed E-state index contributed by atoms with van der Waals surface area (Å²) in [6, 6.07) is 4.04. The first kappa shape index (κ1) is 10.1. The van der Waals surface area contributed by atoms with Crippen LogP contribution in [0.1, 0.15) is 7.43 Å². The molecule has 0 aromatic carbocycles. The van der Waals surface area contributed by atoms with Gasteiger partial charge in [0.05, 0.1) is 0 Å². The van der Waals surface area contributed by atoms with E-state index in [0.29, 0.717) is 0 Å². The van der Waals surface area contributed by atoms with Crippen LogP contribution in [-0.2, 0) is 0 Å². The molecule has 0 nitrogen and oxygen atoms in total. The largest absolute Gasteiger partial charge is 0.197 e. The van der Waals surface area contributed by atoms with Gasteiger partial charge in [-0.15, -0.1) is 0 Å². The smallest absolute Gasteiger partial charge is 0.00934 e. The highest BCUT2D eigenvalue weighted by Gasteiger charge is 1.58. The predicted octanol–water partition coefficient (Wildman–Crippen LogP) is 2.50. The minimum Gasteiger partial charge on any atom is -0.197 e. The van der Waals surface area contributed by atoms with Gasteiger partial charge in [0.2, 0.25) is 0 Å². The van der Waals surface area contributed by atoms with Crippen LogP contribution in [0.2, 0.25) is 0 Å². The Hall–Kier alpha value is 0.0500. The SMILES string of the molecule is C.S.c1ccsc1. The van der Waals surface area contributed by atoms with Crippen molar-refractivity contribution in [1.82, 2.24) is 0 Å². The van der Waals surface area contributed by atoms with Crippen LogP contribution in [0, 0.1) is 0 Å². The van der Waals surface area contributed by atoms with Crippen molar-refractivity contribution in [2.24, 2.45) is 0 Å². The van der Waals surface area contributed by atoms with Crippen molar-refractivity contribution < 1.29 is 0 Å². The summed E-state index contributed by atoms with van der Waals surface area (Å²) < 4.78 is 0. The summed E-state index contributed by atoms with van der Waals surface area (Å²) in [4.78, 5) is 0. The summed E-state index contributed by atoms with van der Waals surface area (Å²) in [7, 11) is 0. The molecule has 0 bridgehead atoms. The van der Waals surface area contributed by atoms with E-state index in [1.165, 1.54) is 0 Å². The molecule has 0 amide bonds. The first-order valence-corrected chi connectivity index (χ1v) is 2.41. The van der Waals surface area contributed by atoms with Gasteiger partial charge < -0.3 is 0 Å². The van der Waals surface area contributed by atoms with Crippen LogP contribution >= 0.6 is 24.8 Å². The lowest BCUT2D eigenvalue weighted by molar-refractivity contribution is 2.03. The normalized spacial score (nSPS) is 5.71. The Bertz CT molecular complexity index is 62.6. The third kappa shape index (κ3) is 3.89. The number of hydrogen-bond acceptors (Lipinski definition) is 1. The fourth-order valence-corrected chi connectivity index (χ4v) is 0.680.